The smallest absolute Gasteiger partial charge is 0.407 e. The number of carbonyl (C=O) groups excluding carboxylic acids is 1. The number of halogens is 2. The van der Waals surface area contributed by atoms with Gasteiger partial charge in [-0.15, -0.1) is 0 Å². The van der Waals surface area contributed by atoms with Crippen LogP contribution in [0.3, 0.4) is 0 Å². The van der Waals surface area contributed by atoms with Crippen molar-refractivity contribution in [1.29, 1.82) is 5.26 Å². The zero-order valence-electron chi connectivity index (χ0n) is 14.0. The monoisotopic (exact) mass is 391 g/mol. The van der Waals surface area contributed by atoms with Gasteiger partial charge in [0, 0.05) is 18.5 Å². The largest absolute Gasteiger partial charge is 0.465 e. The molecule has 1 aromatic heterocycles. The van der Waals surface area contributed by atoms with Crippen molar-refractivity contribution >= 4 is 23.6 Å². The Hall–Kier alpha value is -3.12. The number of hydrogen-bond donors (Lipinski definition) is 2. The van der Waals surface area contributed by atoms with Gasteiger partial charge in [0.2, 0.25) is 0 Å². The number of carboxylic acid groups (broad SMARTS) is 1. The van der Waals surface area contributed by atoms with E-state index in [9.17, 15) is 19.1 Å². The van der Waals surface area contributed by atoms with E-state index in [1.165, 1.54) is 12.1 Å². The minimum absolute atomic E-state index is 0.0607. The molecule has 0 fully saturated rings. The Morgan fingerprint density at radius 3 is 2.81 bits per heavy atom. The number of primary amides is 1. The maximum absolute atomic E-state index is 13.5. The summed E-state index contributed by atoms with van der Waals surface area (Å²) in [5.74, 6) is -1.40. The van der Waals surface area contributed by atoms with Gasteiger partial charge in [0.15, 0.2) is 0 Å². The summed E-state index contributed by atoms with van der Waals surface area (Å²) < 4.78 is 15.0. The molecule has 2 heterocycles. The average Bonchev–Trinajstić information content (AvgIpc) is 3.01. The Labute approximate surface area is 158 Å². The number of benzene rings is 1. The SMILES string of the molecule is N#CCCC1CN(C(=O)O)Cc2c(C(N)=O)c(-c3ccc(F)c(Cl)c3)nn21. The second kappa shape index (κ2) is 7.25. The summed E-state index contributed by atoms with van der Waals surface area (Å²) in [4.78, 5) is 24.7. The van der Waals surface area contributed by atoms with Crippen LogP contribution in [0, 0.1) is 17.1 Å². The standard InChI is InChI=1S/C17H15ClFN5O3/c18-11-6-9(3-4-12(11)19)15-14(16(21)25)13-8-23(17(26)27)7-10(2-1-5-20)24(13)22-15/h3-4,6,10H,1-2,7-8H2,(H2,21,25)(H,26,27). The second-order valence-electron chi connectivity index (χ2n) is 6.12. The molecule has 3 N–H and O–H groups in total. The van der Waals surface area contributed by atoms with Gasteiger partial charge in [0.05, 0.1) is 34.9 Å². The van der Waals surface area contributed by atoms with E-state index in [0.29, 0.717) is 17.7 Å². The maximum Gasteiger partial charge on any atom is 0.407 e. The molecule has 2 aromatic rings. The van der Waals surface area contributed by atoms with Crippen molar-refractivity contribution in [2.75, 3.05) is 6.54 Å². The molecular weight excluding hydrogens is 377 g/mol. The quantitative estimate of drug-likeness (QED) is 0.828. The first kappa shape index (κ1) is 18.7. The molecule has 0 saturated heterocycles. The summed E-state index contributed by atoms with van der Waals surface area (Å²) in [6, 6.07) is 5.50. The molecular formula is C17H15ClFN5O3. The first-order chi connectivity index (χ1) is 12.8. The number of nitrogens with two attached hydrogens (primary N) is 1. The van der Waals surface area contributed by atoms with E-state index in [4.69, 9.17) is 22.6 Å². The van der Waals surface area contributed by atoms with Crippen LogP contribution in [0.15, 0.2) is 18.2 Å². The Morgan fingerprint density at radius 2 is 2.22 bits per heavy atom. The number of nitriles is 1. The highest BCUT2D eigenvalue weighted by Crippen LogP contribution is 2.34. The third-order valence-electron chi connectivity index (χ3n) is 4.43. The van der Waals surface area contributed by atoms with Crippen LogP contribution in [-0.2, 0) is 6.54 Å². The molecule has 0 spiro atoms. The highest BCUT2D eigenvalue weighted by atomic mass is 35.5. The normalized spacial score (nSPS) is 15.9. The number of aromatic nitrogens is 2. The number of hydrogen-bond acceptors (Lipinski definition) is 4. The van der Waals surface area contributed by atoms with Crippen LogP contribution in [0.4, 0.5) is 9.18 Å². The van der Waals surface area contributed by atoms with Gasteiger partial charge in [-0.25, -0.2) is 9.18 Å². The average molecular weight is 392 g/mol. The minimum Gasteiger partial charge on any atom is -0.465 e. The fraction of sp³-hybridized carbons (Fsp3) is 0.294. The van der Waals surface area contributed by atoms with Crippen LogP contribution < -0.4 is 5.73 Å². The number of nitrogens with zero attached hydrogens (tertiary/aromatic N) is 4. The number of rotatable bonds is 4. The molecule has 0 saturated carbocycles. The molecule has 0 radical (unpaired) electrons. The number of carbonyl (C=O) groups is 2. The number of amides is 2. The van der Waals surface area contributed by atoms with Gasteiger partial charge in [0.1, 0.15) is 11.5 Å². The maximum atomic E-state index is 13.5. The van der Waals surface area contributed by atoms with Crippen LogP contribution in [0.5, 0.6) is 0 Å². The third-order valence-corrected chi connectivity index (χ3v) is 4.72. The van der Waals surface area contributed by atoms with Gasteiger partial charge < -0.3 is 15.7 Å². The molecule has 140 valence electrons. The van der Waals surface area contributed by atoms with Crippen molar-refractivity contribution in [2.45, 2.75) is 25.4 Å². The van der Waals surface area contributed by atoms with Gasteiger partial charge in [-0.1, -0.05) is 11.6 Å². The van der Waals surface area contributed by atoms with Crippen molar-refractivity contribution in [1.82, 2.24) is 14.7 Å². The lowest BCUT2D eigenvalue weighted by Gasteiger charge is -2.32. The molecule has 27 heavy (non-hydrogen) atoms. The molecule has 0 bridgehead atoms. The van der Waals surface area contributed by atoms with Crippen LogP contribution >= 0.6 is 11.6 Å². The molecule has 2 amide bonds. The first-order valence-corrected chi connectivity index (χ1v) is 8.42. The fourth-order valence-corrected chi connectivity index (χ4v) is 3.38. The Balaban J connectivity index is 2.17. The van der Waals surface area contributed by atoms with Crippen molar-refractivity contribution < 1.29 is 19.1 Å². The minimum atomic E-state index is -1.15. The molecule has 8 nitrogen and oxygen atoms in total. The summed E-state index contributed by atoms with van der Waals surface area (Å²) in [5, 5.41) is 22.6. The van der Waals surface area contributed by atoms with E-state index in [2.05, 4.69) is 5.10 Å². The summed E-state index contributed by atoms with van der Waals surface area (Å²) in [6.45, 7) is 0.0616. The molecule has 1 aliphatic rings. The van der Waals surface area contributed by atoms with Crippen molar-refractivity contribution in [3.8, 4) is 17.3 Å². The topological polar surface area (TPSA) is 125 Å². The van der Waals surface area contributed by atoms with Gasteiger partial charge in [-0.05, 0) is 24.6 Å². The van der Waals surface area contributed by atoms with E-state index in [0.717, 1.165) is 11.0 Å². The van der Waals surface area contributed by atoms with Crippen LogP contribution in [0.2, 0.25) is 5.02 Å². The van der Waals surface area contributed by atoms with Gasteiger partial charge in [-0.2, -0.15) is 10.4 Å². The van der Waals surface area contributed by atoms with Crippen molar-refractivity contribution in [3.63, 3.8) is 0 Å². The van der Waals surface area contributed by atoms with Crippen LogP contribution in [-0.4, -0.2) is 38.3 Å². The predicted octanol–water partition coefficient (Wildman–Crippen LogP) is 2.78. The van der Waals surface area contributed by atoms with Gasteiger partial charge >= 0.3 is 6.09 Å². The van der Waals surface area contributed by atoms with E-state index < -0.39 is 23.9 Å². The van der Waals surface area contributed by atoms with E-state index >= 15 is 0 Å². The summed E-state index contributed by atoms with van der Waals surface area (Å²) in [7, 11) is 0. The molecule has 0 aliphatic carbocycles. The molecule has 1 unspecified atom stereocenters. The zero-order chi connectivity index (χ0) is 19.7. The Kier molecular flexibility index (Phi) is 5.01. The Morgan fingerprint density at radius 1 is 1.48 bits per heavy atom. The van der Waals surface area contributed by atoms with Crippen molar-refractivity contribution in [2.24, 2.45) is 5.73 Å². The van der Waals surface area contributed by atoms with Crippen LogP contribution in [0.1, 0.15) is 34.9 Å². The van der Waals surface area contributed by atoms with E-state index in [-0.39, 0.29) is 35.8 Å². The fourth-order valence-electron chi connectivity index (χ4n) is 3.19. The van der Waals surface area contributed by atoms with Crippen LogP contribution in [0.25, 0.3) is 11.3 Å². The molecule has 10 heteroatoms. The first-order valence-electron chi connectivity index (χ1n) is 8.05. The molecule has 1 aromatic carbocycles. The predicted molar refractivity (Wildman–Crippen MR) is 93.5 cm³/mol. The van der Waals surface area contributed by atoms with E-state index in [1.54, 1.807) is 4.68 Å². The highest BCUT2D eigenvalue weighted by Gasteiger charge is 2.34. The lowest BCUT2D eigenvalue weighted by atomic mass is 10.0. The summed E-state index contributed by atoms with van der Waals surface area (Å²) >= 11 is 5.84. The summed E-state index contributed by atoms with van der Waals surface area (Å²) in [6.07, 6.45) is -0.594. The molecule has 1 atom stereocenters. The third kappa shape index (κ3) is 3.44. The summed E-state index contributed by atoms with van der Waals surface area (Å²) in [5.41, 5.74) is 6.53. The van der Waals surface area contributed by atoms with Gasteiger partial charge in [0.25, 0.3) is 5.91 Å². The Bertz CT molecular complexity index is 968. The number of fused-ring (bicyclic) bond motifs is 1. The zero-order valence-corrected chi connectivity index (χ0v) is 14.8. The highest BCUT2D eigenvalue weighted by molar-refractivity contribution is 6.31. The van der Waals surface area contributed by atoms with Crippen molar-refractivity contribution in [3.05, 3.63) is 40.3 Å². The molecule has 1 aliphatic heterocycles. The second-order valence-corrected chi connectivity index (χ2v) is 6.53. The lowest BCUT2D eigenvalue weighted by Crippen LogP contribution is -2.41. The van der Waals surface area contributed by atoms with Gasteiger partial charge in [-0.3, -0.25) is 9.48 Å². The van der Waals surface area contributed by atoms with E-state index in [1.807, 2.05) is 6.07 Å². The lowest BCUT2D eigenvalue weighted by molar-refractivity contribution is 0.0987. The molecule has 3 rings (SSSR count).